The van der Waals surface area contributed by atoms with Gasteiger partial charge in [0.15, 0.2) is 0 Å². The number of nitrogens with two attached hydrogens (primary N) is 1. The number of hydrogen-bond donors (Lipinski definition) is 1. The van der Waals surface area contributed by atoms with Crippen LogP contribution in [0.25, 0.3) is 5.70 Å². The highest BCUT2D eigenvalue weighted by molar-refractivity contribution is 7.13. The van der Waals surface area contributed by atoms with Crippen molar-refractivity contribution in [3.8, 4) is 0 Å². The van der Waals surface area contributed by atoms with E-state index in [1.54, 1.807) is 11.3 Å². The van der Waals surface area contributed by atoms with E-state index in [0.29, 0.717) is 5.92 Å². The van der Waals surface area contributed by atoms with Gasteiger partial charge in [-0.05, 0) is 68.5 Å². The van der Waals surface area contributed by atoms with Crippen LogP contribution >= 0.6 is 11.3 Å². The Kier molecular flexibility index (Phi) is 7.07. The molecule has 1 aromatic rings. The molecule has 31 heavy (non-hydrogen) atoms. The molecule has 1 aromatic heterocycles. The maximum atomic E-state index is 13.8. The fraction of sp³-hybridized carbons (Fsp3) is 0.640. The Bertz CT molecular complexity index is 847. The van der Waals surface area contributed by atoms with E-state index in [-0.39, 0.29) is 35.5 Å². The summed E-state index contributed by atoms with van der Waals surface area (Å²) in [5.74, 6) is 1.30. The highest BCUT2D eigenvalue weighted by Gasteiger charge is 2.36. The van der Waals surface area contributed by atoms with Crippen LogP contribution in [0, 0.1) is 16.7 Å². The van der Waals surface area contributed by atoms with Gasteiger partial charge in [0.1, 0.15) is 5.70 Å². The molecule has 2 N–H and O–H groups in total. The SMILES string of the molecule is C=C(N=O)c1sc(C2C=CC(N)CC2)cc1N(C(=O)C1CCC(C)CC1)C1CCCC1. The lowest BCUT2D eigenvalue weighted by molar-refractivity contribution is -0.124. The van der Waals surface area contributed by atoms with E-state index in [9.17, 15) is 9.70 Å². The molecule has 4 rings (SSSR count). The molecule has 0 spiro atoms. The van der Waals surface area contributed by atoms with Gasteiger partial charge < -0.3 is 10.6 Å². The molecule has 0 saturated heterocycles. The minimum Gasteiger partial charge on any atom is -0.324 e. The Morgan fingerprint density at radius 3 is 2.42 bits per heavy atom. The first-order valence-corrected chi connectivity index (χ1v) is 12.7. The van der Waals surface area contributed by atoms with Gasteiger partial charge in [-0.15, -0.1) is 16.2 Å². The van der Waals surface area contributed by atoms with Gasteiger partial charge >= 0.3 is 0 Å². The van der Waals surface area contributed by atoms with Crippen LogP contribution in [-0.4, -0.2) is 18.0 Å². The highest BCUT2D eigenvalue weighted by Crippen LogP contribution is 2.44. The largest absolute Gasteiger partial charge is 0.324 e. The van der Waals surface area contributed by atoms with Crippen LogP contribution in [0.1, 0.15) is 86.8 Å². The number of thiophene rings is 1. The Morgan fingerprint density at radius 1 is 1.10 bits per heavy atom. The summed E-state index contributed by atoms with van der Waals surface area (Å²) in [6, 6.07) is 2.47. The second kappa shape index (κ2) is 9.78. The number of allylic oxidation sites excluding steroid dienone is 1. The molecule has 3 aliphatic carbocycles. The molecule has 1 amide bonds. The normalized spacial score (nSPS) is 29.1. The van der Waals surface area contributed by atoms with E-state index < -0.39 is 0 Å². The van der Waals surface area contributed by atoms with Crippen molar-refractivity contribution in [3.05, 3.63) is 39.5 Å². The first-order chi connectivity index (χ1) is 15.0. The van der Waals surface area contributed by atoms with Crippen molar-refractivity contribution in [2.45, 2.75) is 89.1 Å². The molecular formula is C25H35N3O2S. The highest BCUT2D eigenvalue weighted by atomic mass is 32.1. The van der Waals surface area contributed by atoms with Crippen molar-refractivity contribution in [2.24, 2.45) is 22.7 Å². The van der Waals surface area contributed by atoms with Gasteiger partial charge in [-0.2, -0.15) is 0 Å². The summed E-state index contributed by atoms with van der Waals surface area (Å²) in [5, 5.41) is 3.17. The van der Waals surface area contributed by atoms with E-state index >= 15 is 0 Å². The molecular weight excluding hydrogens is 406 g/mol. The topological polar surface area (TPSA) is 75.8 Å². The minimum atomic E-state index is 0.0815. The van der Waals surface area contributed by atoms with E-state index in [2.05, 4.69) is 41.8 Å². The number of anilines is 1. The van der Waals surface area contributed by atoms with Crippen LogP contribution in [0.3, 0.4) is 0 Å². The standard InChI is InChI=1S/C25H35N3O2S/c1-16-7-9-19(10-8-16)25(29)28(21-5-3-4-6-21)22-15-23(31-24(22)17(2)27-30)18-11-13-20(26)14-12-18/h11,13,15-16,18-21H,2-10,12,14,26H2,1H3. The third kappa shape index (κ3) is 4.85. The Labute approximate surface area is 189 Å². The number of carbonyl (C=O) groups is 1. The van der Waals surface area contributed by atoms with Crippen LogP contribution in [0.2, 0.25) is 0 Å². The third-order valence-electron chi connectivity index (χ3n) is 7.42. The molecule has 3 aliphatic rings. The third-order valence-corrected chi connectivity index (χ3v) is 8.73. The van der Waals surface area contributed by atoms with Gasteiger partial charge in [0.2, 0.25) is 5.91 Å². The van der Waals surface area contributed by atoms with Crippen molar-refractivity contribution in [3.63, 3.8) is 0 Å². The number of hydrogen-bond acceptors (Lipinski definition) is 5. The molecule has 168 valence electrons. The number of amides is 1. The maximum Gasteiger partial charge on any atom is 0.230 e. The van der Waals surface area contributed by atoms with E-state index in [1.165, 1.54) is 4.88 Å². The van der Waals surface area contributed by atoms with Crippen molar-refractivity contribution in [2.75, 3.05) is 4.90 Å². The van der Waals surface area contributed by atoms with Gasteiger partial charge in [0, 0.05) is 28.8 Å². The second-order valence-corrected chi connectivity index (χ2v) is 10.8. The lowest BCUT2D eigenvalue weighted by Gasteiger charge is -2.35. The van der Waals surface area contributed by atoms with E-state index in [1.807, 2.05) is 0 Å². The second-order valence-electron chi connectivity index (χ2n) is 9.74. The number of nitrogens with zero attached hydrogens (tertiary/aromatic N) is 2. The zero-order chi connectivity index (χ0) is 22.0. The Hall–Kier alpha value is -1.79. The molecule has 0 bridgehead atoms. The lowest BCUT2D eigenvalue weighted by Crippen LogP contribution is -2.43. The molecule has 5 nitrogen and oxygen atoms in total. The average Bonchev–Trinajstić information content (AvgIpc) is 3.45. The summed E-state index contributed by atoms with van der Waals surface area (Å²) >= 11 is 1.57. The smallest absolute Gasteiger partial charge is 0.230 e. The summed E-state index contributed by atoms with van der Waals surface area (Å²) in [6.07, 6.45) is 14.7. The molecule has 0 radical (unpaired) electrons. The van der Waals surface area contributed by atoms with Crippen molar-refractivity contribution < 1.29 is 4.79 Å². The zero-order valence-electron chi connectivity index (χ0n) is 18.6. The van der Waals surface area contributed by atoms with Crippen LogP contribution in [0.4, 0.5) is 5.69 Å². The number of rotatable bonds is 6. The molecule has 2 saturated carbocycles. The Balaban J connectivity index is 1.70. The predicted octanol–water partition coefficient (Wildman–Crippen LogP) is 6.35. The molecule has 2 fully saturated rings. The fourth-order valence-corrected chi connectivity index (χ4v) is 6.62. The fourth-order valence-electron chi connectivity index (χ4n) is 5.45. The van der Waals surface area contributed by atoms with Crippen LogP contribution in [0.5, 0.6) is 0 Å². The van der Waals surface area contributed by atoms with Gasteiger partial charge in [-0.25, -0.2) is 0 Å². The minimum absolute atomic E-state index is 0.0815. The summed E-state index contributed by atoms with van der Waals surface area (Å²) < 4.78 is 0. The average molecular weight is 442 g/mol. The molecule has 0 aromatic carbocycles. The quantitative estimate of drug-likeness (QED) is 0.413. The van der Waals surface area contributed by atoms with Gasteiger partial charge in [-0.3, -0.25) is 4.79 Å². The van der Waals surface area contributed by atoms with Gasteiger partial charge in [0.25, 0.3) is 0 Å². The van der Waals surface area contributed by atoms with E-state index in [0.717, 1.165) is 74.8 Å². The zero-order valence-corrected chi connectivity index (χ0v) is 19.4. The van der Waals surface area contributed by atoms with Gasteiger partial charge in [0.05, 0.1) is 10.6 Å². The van der Waals surface area contributed by atoms with Crippen molar-refractivity contribution in [1.82, 2.24) is 0 Å². The van der Waals surface area contributed by atoms with Crippen LogP contribution in [-0.2, 0) is 4.79 Å². The van der Waals surface area contributed by atoms with Gasteiger partial charge in [-0.1, -0.05) is 38.5 Å². The molecule has 6 heteroatoms. The first kappa shape index (κ1) is 22.4. The summed E-state index contributed by atoms with van der Waals surface area (Å²) in [6.45, 7) is 6.20. The molecule has 1 heterocycles. The number of nitroso groups, excluding NO2 is 1. The van der Waals surface area contributed by atoms with Crippen LogP contribution in [0.15, 0.2) is 30.0 Å². The lowest BCUT2D eigenvalue weighted by atomic mass is 9.82. The maximum absolute atomic E-state index is 13.8. The molecule has 2 unspecified atom stereocenters. The summed E-state index contributed by atoms with van der Waals surface area (Å²) in [4.78, 5) is 29.3. The van der Waals surface area contributed by atoms with Crippen molar-refractivity contribution >= 4 is 28.6 Å². The molecule has 2 atom stereocenters. The summed E-state index contributed by atoms with van der Waals surface area (Å²) in [5.41, 5.74) is 7.13. The monoisotopic (exact) mass is 441 g/mol. The first-order valence-electron chi connectivity index (χ1n) is 11.9. The predicted molar refractivity (Wildman–Crippen MR) is 129 cm³/mol. The number of carbonyl (C=O) groups excluding carboxylic acids is 1. The Morgan fingerprint density at radius 2 is 1.81 bits per heavy atom. The summed E-state index contributed by atoms with van der Waals surface area (Å²) in [7, 11) is 0. The molecule has 0 aliphatic heterocycles. The van der Waals surface area contributed by atoms with Crippen molar-refractivity contribution in [1.29, 1.82) is 0 Å². The van der Waals surface area contributed by atoms with E-state index in [4.69, 9.17) is 5.73 Å². The van der Waals surface area contributed by atoms with Crippen LogP contribution < -0.4 is 10.6 Å².